The van der Waals surface area contributed by atoms with Crippen LogP contribution in [0.2, 0.25) is 0 Å². The maximum Gasteiger partial charge on any atom is 0.179 e. The van der Waals surface area contributed by atoms with E-state index in [2.05, 4.69) is 122 Å². The summed E-state index contributed by atoms with van der Waals surface area (Å²) in [5.74, 6) is 0.556. The SMILES string of the molecule is CCc1cc(CC)cc([Si](C2=CCC=C2C(C)CC)(c2cc(CC)cc(CC)c2)c2cc(CC)cc(CC)c2)c1. The van der Waals surface area contributed by atoms with Crippen LogP contribution in [0.5, 0.6) is 0 Å². The Labute approximate surface area is 246 Å². The first-order valence-corrected chi connectivity index (χ1v) is 18.2. The van der Waals surface area contributed by atoms with Crippen LogP contribution < -0.4 is 15.6 Å². The second-order valence-corrected chi connectivity index (χ2v) is 15.6. The molecule has 1 unspecified atom stereocenters. The lowest BCUT2D eigenvalue weighted by molar-refractivity contribution is 0.668. The number of aryl methyl sites for hydroxylation is 6. The number of benzene rings is 3. The van der Waals surface area contributed by atoms with Gasteiger partial charge in [-0.2, -0.15) is 0 Å². The molecule has 3 aromatic carbocycles. The van der Waals surface area contributed by atoms with Gasteiger partial charge in [-0.05, 0) is 117 Å². The molecule has 1 atom stereocenters. The zero-order valence-electron chi connectivity index (χ0n) is 26.6. The van der Waals surface area contributed by atoms with Crippen molar-refractivity contribution >= 4 is 23.6 Å². The molecular formula is C39H52Si. The zero-order chi connectivity index (χ0) is 28.9. The van der Waals surface area contributed by atoms with E-state index in [0.29, 0.717) is 5.92 Å². The van der Waals surface area contributed by atoms with Crippen molar-refractivity contribution in [2.75, 3.05) is 0 Å². The van der Waals surface area contributed by atoms with Gasteiger partial charge in [0.05, 0.1) is 0 Å². The van der Waals surface area contributed by atoms with Crippen molar-refractivity contribution in [2.24, 2.45) is 5.92 Å². The van der Waals surface area contributed by atoms with Gasteiger partial charge in [0.15, 0.2) is 8.07 Å². The highest BCUT2D eigenvalue weighted by Gasteiger charge is 2.46. The van der Waals surface area contributed by atoms with E-state index < -0.39 is 8.07 Å². The largest absolute Gasteiger partial charge is 0.179 e. The Morgan fingerprint density at radius 1 is 0.500 bits per heavy atom. The third-order valence-corrected chi connectivity index (χ3v) is 14.2. The van der Waals surface area contributed by atoms with E-state index in [-0.39, 0.29) is 0 Å². The van der Waals surface area contributed by atoms with E-state index in [0.717, 1.165) is 44.9 Å². The maximum absolute atomic E-state index is 2.63. The van der Waals surface area contributed by atoms with E-state index in [1.54, 1.807) is 26.3 Å². The van der Waals surface area contributed by atoms with Gasteiger partial charge in [-0.15, -0.1) is 0 Å². The zero-order valence-corrected chi connectivity index (χ0v) is 27.6. The third kappa shape index (κ3) is 5.73. The first-order valence-electron chi connectivity index (χ1n) is 16.2. The molecule has 212 valence electrons. The van der Waals surface area contributed by atoms with Crippen molar-refractivity contribution < 1.29 is 0 Å². The summed E-state index contributed by atoms with van der Waals surface area (Å²) in [6.45, 7) is 18.7. The molecule has 0 heterocycles. The maximum atomic E-state index is 2.63. The van der Waals surface area contributed by atoms with Gasteiger partial charge in [-0.1, -0.05) is 122 Å². The molecule has 0 amide bonds. The molecular weight excluding hydrogens is 497 g/mol. The Morgan fingerprint density at radius 2 is 0.825 bits per heavy atom. The van der Waals surface area contributed by atoms with E-state index in [9.17, 15) is 0 Å². The van der Waals surface area contributed by atoms with E-state index >= 15 is 0 Å². The average Bonchev–Trinajstić information content (AvgIpc) is 3.50. The van der Waals surface area contributed by atoms with Crippen LogP contribution in [0.4, 0.5) is 0 Å². The number of rotatable bonds is 12. The second-order valence-electron chi connectivity index (χ2n) is 11.8. The Hall–Kier alpha value is -2.64. The standard InChI is InChI=1S/C39H52Si/c1-9-28(8)38-17-16-18-39(38)40(35-22-29(10-2)19-30(11-3)23-35,36-24-31(12-4)20-32(13-5)25-36)37-26-33(14-6)21-34(15-7)27-37/h17-28H,9-16H2,1-8H3. The van der Waals surface area contributed by atoms with Crippen molar-refractivity contribution in [1.82, 2.24) is 0 Å². The fraction of sp³-hybridized carbons (Fsp3) is 0.436. The lowest BCUT2D eigenvalue weighted by Crippen LogP contribution is -2.69. The highest BCUT2D eigenvalue weighted by molar-refractivity contribution is 7.16. The highest BCUT2D eigenvalue weighted by atomic mass is 28.3. The molecule has 1 aliphatic rings. The van der Waals surface area contributed by atoms with Crippen molar-refractivity contribution in [1.29, 1.82) is 0 Å². The van der Waals surface area contributed by atoms with Crippen LogP contribution in [-0.2, 0) is 38.5 Å². The van der Waals surface area contributed by atoms with Gasteiger partial charge >= 0.3 is 0 Å². The van der Waals surface area contributed by atoms with Crippen LogP contribution in [0.25, 0.3) is 0 Å². The van der Waals surface area contributed by atoms with Crippen molar-refractivity contribution in [3.8, 4) is 0 Å². The van der Waals surface area contributed by atoms with Crippen LogP contribution in [0, 0.1) is 5.92 Å². The smallest absolute Gasteiger partial charge is 0.0801 e. The molecule has 0 N–H and O–H groups in total. The molecule has 0 saturated heterocycles. The summed E-state index contributed by atoms with van der Waals surface area (Å²) in [6.07, 6.45) is 13.9. The summed E-state index contributed by atoms with van der Waals surface area (Å²) in [7, 11) is -2.63. The molecule has 1 heteroatoms. The van der Waals surface area contributed by atoms with Gasteiger partial charge in [0.2, 0.25) is 0 Å². The average molecular weight is 549 g/mol. The topological polar surface area (TPSA) is 0 Å². The lowest BCUT2D eigenvalue weighted by atomic mass is 10.00. The molecule has 3 aromatic rings. The monoisotopic (exact) mass is 548 g/mol. The van der Waals surface area contributed by atoms with Gasteiger partial charge < -0.3 is 0 Å². The van der Waals surface area contributed by atoms with Crippen LogP contribution in [-0.4, -0.2) is 8.07 Å². The predicted octanol–water partition coefficient (Wildman–Crippen LogP) is 8.37. The molecule has 4 rings (SSSR count). The third-order valence-electron chi connectivity index (χ3n) is 9.42. The fourth-order valence-corrected chi connectivity index (χ4v) is 12.3. The Bertz CT molecular complexity index is 1180. The summed E-state index contributed by atoms with van der Waals surface area (Å²) < 4.78 is 0. The molecule has 0 nitrogen and oxygen atoms in total. The van der Waals surface area contributed by atoms with E-state index in [1.807, 2.05) is 0 Å². The molecule has 0 bridgehead atoms. The number of allylic oxidation sites excluding steroid dienone is 4. The molecule has 40 heavy (non-hydrogen) atoms. The minimum absolute atomic E-state index is 0.556. The number of hydrogen-bond acceptors (Lipinski definition) is 0. The fourth-order valence-electron chi connectivity index (χ4n) is 6.72. The summed E-state index contributed by atoms with van der Waals surface area (Å²) in [6, 6.07) is 23.0. The summed E-state index contributed by atoms with van der Waals surface area (Å²) in [5, 5.41) is 6.40. The minimum Gasteiger partial charge on any atom is -0.0801 e. The molecule has 0 aliphatic heterocycles. The summed E-state index contributed by atoms with van der Waals surface area (Å²) in [4.78, 5) is 0. The highest BCUT2D eigenvalue weighted by Crippen LogP contribution is 2.36. The number of hydrogen-bond donors (Lipinski definition) is 0. The van der Waals surface area contributed by atoms with Crippen molar-refractivity contribution in [3.63, 3.8) is 0 Å². The first-order chi connectivity index (χ1) is 19.4. The van der Waals surface area contributed by atoms with Gasteiger partial charge in [0.1, 0.15) is 0 Å². The van der Waals surface area contributed by atoms with Gasteiger partial charge in [-0.25, -0.2) is 0 Å². The van der Waals surface area contributed by atoms with Crippen molar-refractivity contribution in [2.45, 2.75) is 107 Å². The molecule has 0 aromatic heterocycles. The molecule has 0 fully saturated rings. The Balaban J connectivity index is 2.26. The lowest BCUT2D eigenvalue weighted by Gasteiger charge is -2.39. The van der Waals surface area contributed by atoms with Gasteiger partial charge in [0.25, 0.3) is 0 Å². The normalized spacial score (nSPS) is 14.3. The van der Waals surface area contributed by atoms with Crippen molar-refractivity contribution in [3.05, 3.63) is 111 Å². The summed E-state index contributed by atoms with van der Waals surface area (Å²) >= 11 is 0. The molecule has 1 aliphatic carbocycles. The van der Waals surface area contributed by atoms with Gasteiger partial charge in [0, 0.05) is 0 Å². The first kappa shape index (κ1) is 30.3. The molecule has 0 spiro atoms. The van der Waals surface area contributed by atoms with E-state index in [1.165, 1.54) is 39.8 Å². The second kappa shape index (κ2) is 13.3. The molecule has 0 saturated carbocycles. The Kier molecular flexibility index (Phi) is 10.1. The van der Waals surface area contributed by atoms with Crippen LogP contribution >= 0.6 is 0 Å². The van der Waals surface area contributed by atoms with E-state index in [4.69, 9.17) is 0 Å². The quantitative estimate of drug-likeness (QED) is 0.157. The minimum atomic E-state index is -2.63. The predicted molar refractivity (Wildman–Crippen MR) is 180 cm³/mol. The Morgan fingerprint density at radius 3 is 1.10 bits per heavy atom. The van der Waals surface area contributed by atoms with Gasteiger partial charge in [-0.3, -0.25) is 0 Å². The van der Waals surface area contributed by atoms with Crippen LogP contribution in [0.3, 0.4) is 0 Å². The van der Waals surface area contributed by atoms with Crippen LogP contribution in [0.15, 0.2) is 77.5 Å². The van der Waals surface area contributed by atoms with Crippen LogP contribution in [0.1, 0.15) is 102 Å². The molecule has 0 radical (unpaired) electrons. The summed E-state index contributed by atoms with van der Waals surface area (Å²) in [5.41, 5.74) is 10.5.